The second-order valence-corrected chi connectivity index (χ2v) is 9.78. The molecular weight excluding hydrogens is 426 g/mol. The highest BCUT2D eigenvalue weighted by Gasteiger charge is 2.22. The Balaban J connectivity index is 1.91. The van der Waals surface area contributed by atoms with E-state index in [2.05, 4.69) is 15.6 Å². The van der Waals surface area contributed by atoms with Crippen molar-refractivity contribution in [3.05, 3.63) is 64.9 Å². The molecule has 0 unspecified atom stereocenters. The van der Waals surface area contributed by atoms with E-state index in [1.54, 1.807) is 36.5 Å². The van der Waals surface area contributed by atoms with E-state index >= 15 is 0 Å². The highest BCUT2D eigenvalue weighted by atomic mass is 35.5. The molecule has 0 spiro atoms. The zero-order valence-electron chi connectivity index (χ0n) is 16.8. The third-order valence-electron chi connectivity index (χ3n) is 4.37. The molecule has 0 saturated heterocycles. The molecule has 1 amide bonds. The summed E-state index contributed by atoms with van der Waals surface area (Å²) in [4.78, 5) is 12.2. The van der Waals surface area contributed by atoms with Gasteiger partial charge in [-0.25, -0.2) is 18.2 Å². The van der Waals surface area contributed by atoms with Crippen molar-refractivity contribution in [1.82, 2.24) is 15.0 Å². The molecule has 3 rings (SSSR count). The number of primary sulfonamides is 1. The lowest BCUT2D eigenvalue weighted by atomic mass is 9.93. The fraction of sp³-hybridized carbons (Fsp3) is 0.250. The smallest absolute Gasteiger partial charge is 0.240 e. The van der Waals surface area contributed by atoms with Gasteiger partial charge in [-0.2, -0.15) is 0 Å². The van der Waals surface area contributed by atoms with Gasteiger partial charge in [0.2, 0.25) is 15.9 Å². The number of benzene rings is 2. The summed E-state index contributed by atoms with van der Waals surface area (Å²) in [5.74, 6) is -0.341. The van der Waals surface area contributed by atoms with Crippen LogP contribution >= 0.6 is 11.6 Å². The summed E-state index contributed by atoms with van der Waals surface area (Å²) < 4.78 is 25.7. The van der Waals surface area contributed by atoms with Crippen LogP contribution in [-0.4, -0.2) is 29.3 Å². The maximum Gasteiger partial charge on any atom is 0.240 e. The van der Waals surface area contributed by atoms with Crippen molar-refractivity contribution in [3.63, 3.8) is 0 Å². The molecule has 0 aliphatic heterocycles. The normalized spacial score (nSPS) is 12.0. The molecule has 3 N–H and O–H groups in total. The van der Waals surface area contributed by atoms with Crippen molar-refractivity contribution in [3.8, 4) is 5.69 Å². The van der Waals surface area contributed by atoms with Gasteiger partial charge >= 0.3 is 0 Å². The summed E-state index contributed by atoms with van der Waals surface area (Å²) in [6, 6.07) is 11.4. The molecule has 3 aromatic rings. The van der Waals surface area contributed by atoms with E-state index in [4.69, 9.17) is 16.7 Å². The number of halogens is 1. The number of nitrogens with two attached hydrogens (primary N) is 1. The minimum Gasteiger partial charge on any atom is -0.326 e. The van der Waals surface area contributed by atoms with Gasteiger partial charge in [0.1, 0.15) is 4.90 Å². The maximum absolute atomic E-state index is 12.4. The van der Waals surface area contributed by atoms with E-state index in [9.17, 15) is 13.2 Å². The van der Waals surface area contributed by atoms with Crippen LogP contribution in [0.3, 0.4) is 0 Å². The van der Waals surface area contributed by atoms with Gasteiger partial charge in [-0.3, -0.25) is 4.79 Å². The second-order valence-electron chi connectivity index (χ2n) is 7.84. The molecule has 158 valence electrons. The quantitative estimate of drug-likeness (QED) is 0.622. The van der Waals surface area contributed by atoms with Crippen LogP contribution in [0.2, 0.25) is 5.02 Å². The number of hydrogen-bond donors (Lipinski definition) is 2. The van der Waals surface area contributed by atoms with Crippen molar-refractivity contribution >= 4 is 33.2 Å². The van der Waals surface area contributed by atoms with E-state index < -0.39 is 10.0 Å². The van der Waals surface area contributed by atoms with Gasteiger partial charge in [0.05, 0.1) is 24.0 Å². The van der Waals surface area contributed by atoms with Crippen LogP contribution in [0.4, 0.5) is 5.69 Å². The fourth-order valence-corrected chi connectivity index (χ4v) is 3.70. The first-order valence-electron chi connectivity index (χ1n) is 9.08. The van der Waals surface area contributed by atoms with Crippen molar-refractivity contribution in [2.24, 2.45) is 5.14 Å². The number of carbonyl (C=O) groups is 1. The maximum atomic E-state index is 12.4. The van der Waals surface area contributed by atoms with Gasteiger partial charge in [0.15, 0.2) is 0 Å². The van der Waals surface area contributed by atoms with Gasteiger partial charge in [-0.1, -0.05) is 55.8 Å². The number of sulfonamides is 1. The van der Waals surface area contributed by atoms with Gasteiger partial charge in [-0.05, 0) is 29.8 Å². The molecule has 1 aromatic heterocycles. The number of hydrogen-bond acceptors (Lipinski definition) is 5. The van der Waals surface area contributed by atoms with Crippen molar-refractivity contribution < 1.29 is 13.2 Å². The predicted molar refractivity (Wildman–Crippen MR) is 115 cm³/mol. The Labute approximate surface area is 180 Å². The number of nitrogens with zero attached hydrogens (tertiary/aromatic N) is 3. The Hall–Kier alpha value is -2.75. The summed E-state index contributed by atoms with van der Waals surface area (Å²) in [5.41, 5.74) is 1.63. The molecule has 0 aliphatic carbocycles. The van der Waals surface area contributed by atoms with Crippen LogP contribution in [0.25, 0.3) is 5.69 Å². The average Bonchev–Trinajstić information content (AvgIpc) is 3.13. The minimum atomic E-state index is -4.09. The number of anilines is 1. The summed E-state index contributed by atoms with van der Waals surface area (Å²) in [6.07, 6.45) is 1.70. The van der Waals surface area contributed by atoms with E-state index in [0.717, 1.165) is 0 Å². The predicted octanol–water partition coefficient (Wildman–Crippen LogP) is 3.05. The largest absolute Gasteiger partial charge is 0.326 e. The molecule has 0 bridgehead atoms. The first kappa shape index (κ1) is 21.9. The van der Waals surface area contributed by atoms with E-state index in [-0.39, 0.29) is 34.0 Å². The molecule has 0 saturated carbocycles. The third-order valence-corrected chi connectivity index (χ3v) is 5.68. The van der Waals surface area contributed by atoms with Crippen molar-refractivity contribution in [2.45, 2.75) is 37.5 Å². The lowest BCUT2D eigenvalue weighted by Gasteiger charge is -2.13. The van der Waals surface area contributed by atoms with Crippen LogP contribution < -0.4 is 10.5 Å². The molecule has 10 heteroatoms. The first-order valence-corrected chi connectivity index (χ1v) is 11.0. The molecule has 2 aromatic carbocycles. The van der Waals surface area contributed by atoms with Crippen LogP contribution in [-0.2, 0) is 26.7 Å². The Morgan fingerprint density at radius 2 is 1.90 bits per heavy atom. The second kappa shape index (κ2) is 8.17. The molecular formula is C20H22ClN5O3S. The summed E-state index contributed by atoms with van der Waals surface area (Å²) >= 11 is 6.09. The third kappa shape index (κ3) is 5.05. The van der Waals surface area contributed by atoms with Gasteiger partial charge in [-0.15, -0.1) is 5.10 Å². The summed E-state index contributed by atoms with van der Waals surface area (Å²) in [7, 11) is -4.09. The van der Waals surface area contributed by atoms with Gasteiger partial charge in [0.25, 0.3) is 0 Å². The van der Waals surface area contributed by atoms with Crippen LogP contribution in [0, 0.1) is 0 Å². The Morgan fingerprint density at radius 1 is 1.20 bits per heavy atom. The number of carbonyl (C=O) groups excluding carboxylic acids is 1. The van der Waals surface area contributed by atoms with Gasteiger partial charge in [0, 0.05) is 16.1 Å². The Morgan fingerprint density at radius 3 is 2.50 bits per heavy atom. The average molecular weight is 448 g/mol. The summed E-state index contributed by atoms with van der Waals surface area (Å²) in [5, 5.41) is 16.7. The standard InChI is InChI=1S/C20H22ClN5O3S/c1-20(2,3)18-12-26(25-24-18)16-9-8-14(11-17(16)30(22,28)29)23-19(27)10-13-6-4-5-7-15(13)21/h4-9,11-12H,10H2,1-3H3,(H,23,27)(H2,22,28,29). The fourth-order valence-electron chi connectivity index (χ4n) is 2.75. The van der Waals surface area contributed by atoms with Crippen LogP contribution in [0.5, 0.6) is 0 Å². The van der Waals surface area contributed by atoms with Crippen molar-refractivity contribution in [2.75, 3.05) is 5.32 Å². The molecule has 0 fully saturated rings. The number of amides is 1. The highest BCUT2D eigenvalue weighted by molar-refractivity contribution is 7.89. The van der Waals surface area contributed by atoms with E-state index in [0.29, 0.717) is 16.3 Å². The molecule has 8 nitrogen and oxygen atoms in total. The topological polar surface area (TPSA) is 120 Å². The highest BCUT2D eigenvalue weighted by Crippen LogP contribution is 2.26. The van der Waals surface area contributed by atoms with Crippen LogP contribution in [0.15, 0.2) is 53.6 Å². The SMILES string of the molecule is CC(C)(C)c1cn(-c2ccc(NC(=O)Cc3ccccc3Cl)cc2S(N)(=O)=O)nn1. The van der Waals surface area contributed by atoms with E-state index in [1.807, 2.05) is 20.8 Å². The zero-order chi connectivity index (χ0) is 22.1. The molecule has 0 radical (unpaired) electrons. The minimum absolute atomic E-state index is 0.0458. The monoisotopic (exact) mass is 447 g/mol. The number of aromatic nitrogens is 3. The lowest BCUT2D eigenvalue weighted by Crippen LogP contribution is -2.18. The zero-order valence-corrected chi connectivity index (χ0v) is 18.3. The molecule has 1 heterocycles. The molecule has 0 aliphatic rings. The Kier molecular flexibility index (Phi) is 5.98. The molecule has 30 heavy (non-hydrogen) atoms. The number of rotatable bonds is 5. The van der Waals surface area contributed by atoms with E-state index in [1.165, 1.54) is 16.8 Å². The number of nitrogens with one attached hydrogen (secondary N) is 1. The van der Waals surface area contributed by atoms with Crippen molar-refractivity contribution in [1.29, 1.82) is 0 Å². The summed E-state index contributed by atoms with van der Waals surface area (Å²) in [6.45, 7) is 5.92. The Bertz CT molecular complexity index is 1200. The first-order chi connectivity index (χ1) is 13.9. The molecule has 0 atom stereocenters. The lowest BCUT2D eigenvalue weighted by molar-refractivity contribution is -0.115. The van der Waals surface area contributed by atoms with Crippen LogP contribution in [0.1, 0.15) is 32.0 Å². The van der Waals surface area contributed by atoms with Gasteiger partial charge < -0.3 is 5.32 Å².